The summed E-state index contributed by atoms with van der Waals surface area (Å²) in [5.74, 6) is -0.304. The van der Waals surface area contributed by atoms with Gasteiger partial charge in [0.15, 0.2) is 6.61 Å². The van der Waals surface area contributed by atoms with Crippen molar-refractivity contribution in [3.05, 3.63) is 72.8 Å². The number of benzene rings is 3. The first kappa shape index (κ1) is 19.5. The molecule has 0 radical (unpaired) electrons. The molecule has 30 heavy (non-hydrogen) atoms. The number of aromatic amines is 1. The van der Waals surface area contributed by atoms with Crippen LogP contribution in [0.25, 0.3) is 22.4 Å². The lowest BCUT2D eigenvalue weighted by molar-refractivity contribution is -0.139. The molecule has 0 aliphatic carbocycles. The smallest absolute Gasteiger partial charge is 0.341 e. The largest absolute Gasteiger partial charge is 0.482 e. The standard InChI is InChI=1S/C21H17N3O5S/c25-20(26)13-29-14-9-11-15(12-10-14)30(27,28)24-17-6-2-1-5-16(17)21-22-18-7-3-4-8-19(18)23-21/h1-12,24H,13H2,(H,22,23)(H,25,26). The number of aliphatic carboxylic acids is 1. The molecule has 152 valence electrons. The number of carboxylic acid groups (broad SMARTS) is 1. The van der Waals surface area contributed by atoms with Crippen LogP contribution >= 0.6 is 0 Å². The third-order valence-corrected chi connectivity index (χ3v) is 5.69. The van der Waals surface area contributed by atoms with Gasteiger partial charge in [0.05, 0.1) is 21.6 Å². The molecular formula is C21H17N3O5S. The summed E-state index contributed by atoms with van der Waals surface area (Å²) in [5, 5.41) is 8.65. The highest BCUT2D eigenvalue weighted by molar-refractivity contribution is 7.92. The molecule has 8 nitrogen and oxygen atoms in total. The predicted octanol–water partition coefficient (Wildman–Crippen LogP) is 3.49. The topological polar surface area (TPSA) is 121 Å². The number of anilines is 1. The molecule has 0 atom stereocenters. The van der Waals surface area contributed by atoms with Gasteiger partial charge >= 0.3 is 5.97 Å². The summed E-state index contributed by atoms with van der Waals surface area (Å²) in [4.78, 5) is 18.3. The number of fused-ring (bicyclic) bond motifs is 1. The fourth-order valence-corrected chi connectivity index (χ4v) is 4.00. The first-order valence-corrected chi connectivity index (χ1v) is 10.4. The summed E-state index contributed by atoms with van der Waals surface area (Å²) in [6.45, 7) is -0.505. The highest BCUT2D eigenvalue weighted by atomic mass is 32.2. The lowest BCUT2D eigenvalue weighted by atomic mass is 10.2. The maximum absolute atomic E-state index is 12.9. The molecule has 0 aliphatic rings. The van der Waals surface area contributed by atoms with Crippen molar-refractivity contribution in [2.75, 3.05) is 11.3 Å². The molecule has 9 heteroatoms. The van der Waals surface area contributed by atoms with E-state index in [1.807, 2.05) is 24.3 Å². The Bertz CT molecular complexity index is 1280. The summed E-state index contributed by atoms with van der Waals surface area (Å²) in [6, 6.07) is 20.0. The Labute approximate surface area is 172 Å². The van der Waals surface area contributed by atoms with E-state index in [2.05, 4.69) is 14.7 Å². The SMILES string of the molecule is O=C(O)COc1ccc(S(=O)(=O)Nc2ccccc2-c2nc3ccccc3[nH]2)cc1. The minimum absolute atomic E-state index is 0.0181. The fourth-order valence-electron chi connectivity index (χ4n) is 2.92. The maximum atomic E-state index is 12.9. The summed E-state index contributed by atoms with van der Waals surface area (Å²) in [5.41, 5.74) is 2.62. The van der Waals surface area contributed by atoms with Gasteiger partial charge in [0.25, 0.3) is 10.0 Å². The van der Waals surface area contributed by atoms with Crippen LogP contribution in [0, 0.1) is 0 Å². The Morgan fingerprint density at radius 3 is 2.43 bits per heavy atom. The van der Waals surface area contributed by atoms with Crippen LogP contribution in [0.5, 0.6) is 5.75 Å². The van der Waals surface area contributed by atoms with Crippen LogP contribution in [0.3, 0.4) is 0 Å². The molecule has 3 aromatic carbocycles. The zero-order valence-electron chi connectivity index (χ0n) is 15.6. The molecule has 0 saturated carbocycles. The van der Waals surface area contributed by atoms with E-state index in [1.165, 1.54) is 24.3 Å². The second kappa shape index (κ2) is 7.88. The number of para-hydroxylation sites is 3. The third kappa shape index (κ3) is 4.11. The molecule has 3 N–H and O–H groups in total. The van der Waals surface area contributed by atoms with Crippen LogP contribution in [0.2, 0.25) is 0 Å². The molecule has 0 spiro atoms. The number of rotatable bonds is 7. The van der Waals surface area contributed by atoms with Gasteiger partial charge in [-0.05, 0) is 48.5 Å². The molecule has 0 saturated heterocycles. The van der Waals surface area contributed by atoms with Crippen molar-refractivity contribution in [2.45, 2.75) is 4.90 Å². The first-order valence-electron chi connectivity index (χ1n) is 8.94. The second-order valence-corrected chi connectivity index (χ2v) is 8.09. The first-order chi connectivity index (χ1) is 14.4. The molecule has 0 aliphatic heterocycles. The number of nitrogens with zero attached hydrogens (tertiary/aromatic N) is 1. The number of sulfonamides is 1. The number of hydrogen-bond donors (Lipinski definition) is 3. The van der Waals surface area contributed by atoms with Crippen LogP contribution in [0.15, 0.2) is 77.7 Å². The van der Waals surface area contributed by atoms with Gasteiger partial charge in [-0.25, -0.2) is 18.2 Å². The number of carboxylic acids is 1. The van der Waals surface area contributed by atoms with E-state index in [0.29, 0.717) is 17.1 Å². The van der Waals surface area contributed by atoms with Crippen LogP contribution in [0.1, 0.15) is 0 Å². The molecule has 0 fully saturated rings. The minimum Gasteiger partial charge on any atom is -0.482 e. The third-order valence-electron chi connectivity index (χ3n) is 4.31. The fraction of sp³-hybridized carbons (Fsp3) is 0.0476. The van der Waals surface area contributed by atoms with Gasteiger partial charge in [-0.2, -0.15) is 0 Å². The monoisotopic (exact) mass is 423 g/mol. The lowest BCUT2D eigenvalue weighted by Crippen LogP contribution is -2.14. The Kier molecular flexibility index (Phi) is 5.11. The molecular weight excluding hydrogens is 406 g/mol. The van der Waals surface area contributed by atoms with Gasteiger partial charge < -0.3 is 14.8 Å². The number of imidazole rings is 1. The van der Waals surface area contributed by atoms with Gasteiger partial charge in [0.2, 0.25) is 0 Å². The van der Waals surface area contributed by atoms with E-state index in [0.717, 1.165) is 11.0 Å². The van der Waals surface area contributed by atoms with E-state index in [-0.39, 0.29) is 10.6 Å². The zero-order chi connectivity index (χ0) is 21.1. The lowest BCUT2D eigenvalue weighted by Gasteiger charge is -2.12. The number of H-pyrrole nitrogens is 1. The predicted molar refractivity (Wildman–Crippen MR) is 112 cm³/mol. The zero-order valence-corrected chi connectivity index (χ0v) is 16.4. The quantitative estimate of drug-likeness (QED) is 0.418. The van der Waals surface area contributed by atoms with Crippen LogP contribution in [0.4, 0.5) is 5.69 Å². The molecule has 1 heterocycles. The van der Waals surface area contributed by atoms with Crippen molar-refractivity contribution in [1.29, 1.82) is 0 Å². The second-order valence-electron chi connectivity index (χ2n) is 6.41. The minimum atomic E-state index is -3.89. The molecule has 4 rings (SSSR count). The molecule has 0 amide bonds. The number of ether oxygens (including phenoxy) is 1. The Morgan fingerprint density at radius 1 is 1.00 bits per heavy atom. The van der Waals surface area contributed by atoms with Crippen LogP contribution in [-0.2, 0) is 14.8 Å². The summed E-state index contributed by atoms with van der Waals surface area (Å²) in [7, 11) is -3.89. The van der Waals surface area contributed by atoms with Gasteiger partial charge in [-0.3, -0.25) is 4.72 Å². The normalized spacial score (nSPS) is 11.3. The van der Waals surface area contributed by atoms with Gasteiger partial charge in [0, 0.05) is 5.56 Å². The summed E-state index contributed by atoms with van der Waals surface area (Å²) < 4.78 is 33.3. The number of aromatic nitrogens is 2. The van der Waals surface area contributed by atoms with Crippen molar-refractivity contribution in [2.24, 2.45) is 0 Å². The van der Waals surface area contributed by atoms with Crippen LogP contribution < -0.4 is 9.46 Å². The number of nitrogens with one attached hydrogen (secondary N) is 2. The highest BCUT2D eigenvalue weighted by Crippen LogP contribution is 2.29. The Balaban J connectivity index is 1.61. The van der Waals surface area contributed by atoms with E-state index in [9.17, 15) is 13.2 Å². The van der Waals surface area contributed by atoms with Crippen molar-refractivity contribution in [3.63, 3.8) is 0 Å². The van der Waals surface area contributed by atoms with Crippen molar-refractivity contribution in [1.82, 2.24) is 9.97 Å². The van der Waals surface area contributed by atoms with Gasteiger partial charge in [0.1, 0.15) is 11.6 Å². The average molecular weight is 423 g/mol. The Hall–Kier alpha value is -3.85. The number of hydrogen-bond acceptors (Lipinski definition) is 5. The molecule has 0 bridgehead atoms. The van der Waals surface area contributed by atoms with Crippen molar-refractivity contribution in [3.8, 4) is 17.1 Å². The van der Waals surface area contributed by atoms with Crippen molar-refractivity contribution < 1.29 is 23.1 Å². The number of carbonyl (C=O) groups is 1. The maximum Gasteiger partial charge on any atom is 0.341 e. The summed E-state index contributed by atoms with van der Waals surface area (Å²) in [6.07, 6.45) is 0. The molecule has 4 aromatic rings. The van der Waals surface area contributed by atoms with E-state index < -0.39 is 22.6 Å². The highest BCUT2D eigenvalue weighted by Gasteiger charge is 2.18. The molecule has 1 aromatic heterocycles. The van der Waals surface area contributed by atoms with E-state index >= 15 is 0 Å². The van der Waals surface area contributed by atoms with Gasteiger partial charge in [-0.1, -0.05) is 24.3 Å². The summed E-state index contributed by atoms with van der Waals surface area (Å²) >= 11 is 0. The van der Waals surface area contributed by atoms with Crippen molar-refractivity contribution >= 4 is 32.7 Å². The van der Waals surface area contributed by atoms with E-state index in [1.54, 1.807) is 24.3 Å². The van der Waals surface area contributed by atoms with Crippen LogP contribution in [-0.4, -0.2) is 36.1 Å². The average Bonchev–Trinajstić information content (AvgIpc) is 3.17. The molecule has 0 unspecified atom stereocenters. The van der Waals surface area contributed by atoms with E-state index in [4.69, 9.17) is 9.84 Å². The Morgan fingerprint density at radius 2 is 1.70 bits per heavy atom. The van der Waals surface area contributed by atoms with Gasteiger partial charge in [-0.15, -0.1) is 0 Å².